The molecule has 0 aromatic heterocycles. The first-order valence-corrected chi connectivity index (χ1v) is 7.64. The lowest BCUT2D eigenvalue weighted by molar-refractivity contribution is -0.128. The van der Waals surface area contributed by atoms with E-state index in [9.17, 15) is 18.4 Å². The van der Waals surface area contributed by atoms with Crippen LogP contribution in [-0.2, 0) is 4.79 Å². The maximum atomic E-state index is 13.5. The number of hydrogen-bond donors (Lipinski definition) is 2. The Bertz CT molecular complexity index is 771. The zero-order valence-electron chi connectivity index (χ0n) is 12.5. The number of rotatable bonds is 4. The van der Waals surface area contributed by atoms with Crippen molar-refractivity contribution in [1.82, 2.24) is 10.9 Å². The van der Waals surface area contributed by atoms with Crippen LogP contribution in [0.25, 0.3) is 0 Å². The van der Waals surface area contributed by atoms with Gasteiger partial charge in [-0.1, -0.05) is 12.1 Å². The average molecular weight is 399 g/mol. The zero-order valence-corrected chi connectivity index (χ0v) is 14.1. The van der Waals surface area contributed by atoms with E-state index in [1.807, 2.05) is 0 Å². The lowest BCUT2D eigenvalue weighted by Crippen LogP contribution is -2.47. The topological polar surface area (TPSA) is 67.4 Å². The number of para-hydroxylation sites is 1. The van der Waals surface area contributed by atoms with Crippen molar-refractivity contribution in [3.63, 3.8) is 0 Å². The Kier molecular flexibility index (Phi) is 5.86. The van der Waals surface area contributed by atoms with E-state index in [0.717, 1.165) is 6.07 Å². The molecular weight excluding hydrogens is 386 g/mol. The first kappa shape index (κ1) is 17.9. The molecule has 2 N–H and O–H groups in total. The number of ether oxygens (including phenoxy) is 1. The molecule has 8 heteroatoms. The van der Waals surface area contributed by atoms with Gasteiger partial charge in [0.05, 0.1) is 5.56 Å². The second-order valence-electron chi connectivity index (χ2n) is 4.76. The third-order valence-electron chi connectivity index (χ3n) is 2.98. The summed E-state index contributed by atoms with van der Waals surface area (Å²) in [4.78, 5) is 23.8. The molecular formula is C16H13BrF2N2O3. The fourth-order valence-corrected chi connectivity index (χ4v) is 2.17. The minimum Gasteiger partial charge on any atom is -0.478 e. The summed E-state index contributed by atoms with van der Waals surface area (Å²) in [5.74, 6) is -2.69. The van der Waals surface area contributed by atoms with Crippen molar-refractivity contribution in [3.8, 4) is 5.75 Å². The SMILES string of the molecule is C[C@H](Oc1ccccc1F)C(=O)NNC(=O)c1cc(F)ccc1Br. The fourth-order valence-electron chi connectivity index (χ4n) is 1.74. The van der Waals surface area contributed by atoms with Gasteiger partial charge in [0, 0.05) is 4.47 Å². The van der Waals surface area contributed by atoms with Crippen molar-refractivity contribution in [2.24, 2.45) is 0 Å². The molecule has 0 saturated heterocycles. The Balaban J connectivity index is 1.93. The Morgan fingerprint density at radius 3 is 2.54 bits per heavy atom. The van der Waals surface area contributed by atoms with E-state index in [4.69, 9.17) is 4.74 Å². The summed E-state index contributed by atoms with van der Waals surface area (Å²) in [7, 11) is 0. The lowest BCUT2D eigenvalue weighted by Gasteiger charge is -2.15. The first-order valence-electron chi connectivity index (χ1n) is 6.85. The number of carbonyl (C=O) groups excluding carboxylic acids is 2. The van der Waals surface area contributed by atoms with Crippen molar-refractivity contribution in [2.45, 2.75) is 13.0 Å². The third-order valence-corrected chi connectivity index (χ3v) is 3.67. The van der Waals surface area contributed by atoms with Crippen LogP contribution in [0.4, 0.5) is 8.78 Å². The molecule has 0 bridgehead atoms. The summed E-state index contributed by atoms with van der Waals surface area (Å²) >= 11 is 3.11. The molecule has 0 radical (unpaired) electrons. The van der Waals surface area contributed by atoms with Crippen LogP contribution in [0.1, 0.15) is 17.3 Å². The van der Waals surface area contributed by atoms with Crippen LogP contribution in [0.3, 0.4) is 0 Å². The molecule has 0 aliphatic heterocycles. The van der Waals surface area contributed by atoms with Crippen molar-refractivity contribution < 1.29 is 23.1 Å². The van der Waals surface area contributed by atoms with Gasteiger partial charge in [-0.25, -0.2) is 8.78 Å². The highest BCUT2D eigenvalue weighted by molar-refractivity contribution is 9.10. The zero-order chi connectivity index (χ0) is 17.7. The molecule has 24 heavy (non-hydrogen) atoms. The molecule has 2 aromatic rings. The van der Waals surface area contributed by atoms with Gasteiger partial charge in [0.25, 0.3) is 11.8 Å². The van der Waals surface area contributed by atoms with Gasteiger partial charge in [-0.2, -0.15) is 0 Å². The Hall–Kier alpha value is -2.48. The molecule has 0 unspecified atom stereocenters. The largest absolute Gasteiger partial charge is 0.478 e. The molecule has 0 fully saturated rings. The number of carbonyl (C=O) groups is 2. The van der Waals surface area contributed by atoms with Crippen LogP contribution in [-0.4, -0.2) is 17.9 Å². The standard InChI is InChI=1S/C16H13BrF2N2O3/c1-9(24-14-5-3-2-4-13(14)19)15(22)20-21-16(23)11-8-10(18)6-7-12(11)17/h2-9H,1H3,(H,20,22)(H,21,23)/t9-/m0/s1. The van der Waals surface area contributed by atoms with Gasteiger partial charge in [-0.15, -0.1) is 0 Å². The van der Waals surface area contributed by atoms with E-state index in [-0.39, 0.29) is 11.3 Å². The molecule has 0 aliphatic rings. The highest BCUT2D eigenvalue weighted by Gasteiger charge is 2.18. The number of hydrogen-bond acceptors (Lipinski definition) is 3. The number of hydrazine groups is 1. The number of amides is 2. The highest BCUT2D eigenvalue weighted by atomic mass is 79.9. The van der Waals surface area contributed by atoms with Crippen LogP contribution >= 0.6 is 15.9 Å². The minimum absolute atomic E-state index is 0.0120. The monoisotopic (exact) mass is 398 g/mol. The maximum absolute atomic E-state index is 13.5. The second-order valence-corrected chi connectivity index (χ2v) is 5.61. The molecule has 2 amide bonds. The molecule has 2 aromatic carbocycles. The molecule has 0 heterocycles. The van der Waals surface area contributed by atoms with Crippen LogP contribution in [0, 0.1) is 11.6 Å². The molecule has 0 aliphatic carbocycles. The van der Waals surface area contributed by atoms with Gasteiger partial charge in [-0.05, 0) is 53.2 Å². The van der Waals surface area contributed by atoms with Crippen LogP contribution in [0.2, 0.25) is 0 Å². The van der Waals surface area contributed by atoms with E-state index < -0.39 is 29.6 Å². The first-order chi connectivity index (χ1) is 11.4. The van der Waals surface area contributed by atoms with Gasteiger partial charge in [-0.3, -0.25) is 20.4 Å². The summed E-state index contributed by atoms with van der Waals surface area (Å²) < 4.78 is 32.2. The minimum atomic E-state index is -1.06. The highest BCUT2D eigenvalue weighted by Crippen LogP contribution is 2.18. The van der Waals surface area contributed by atoms with Crippen LogP contribution in [0.15, 0.2) is 46.9 Å². The molecule has 0 saturated carbocycles. The number of benzene rings is 2. The summed E-state index contributed by atoms with van der Waals surface area (Å²) in [5.41, 5.74) is 4.29. The van der Waals surface area contributed by atoms with Gasteiger partial charge >= 0.3 is 0 Å². The van der Waals surface area contributed by atoms with Crippen molar-refractivity contribution in [3.05, 3.63) is 64.1 Å². The predicted molar refractivity (Wildman–Crippen MR) is 86.2 cm³/mol. The van der Waals surface area contributed by atoms with E-state index in [1.54, 1.807) is 6.07 Å². The summed E-state index contributed by atoms with van der Waals surface area (Å²) in [6.45, 7) is 1.39. The number of halogens is 3. The summed E-state index contributed by atoms with van der Waals surface area (Å²) in [6, 6.07) is 9.20. The summed E-state index contributed by atoms with van der Waals surface area (Å²) in [6.07, 6.45) is -1.06. The van der Waals surface area contributed by atoms with E-state index in [1.165, 1.54) is 37.3 Å². The van der Waals surface area contributed by atoms with Gasteiger partial charge in [0.15, 0.2) is 17.7 Å². The number of nitrogens with one attached hydrogen (secondary N) is 2. The molecule has 0 spiro atoms. The Morgan fingerprint density at radius 1 is 1.12 bits per heavy atom. The summed E-state index contributed by atoms with van der Waals surface area (Å²) in [5, 5.41) is 0. The lowest BCUT2D eigenvalue weighted by atomic mass is 10.2. The van der Waals surface area contributed by atoms with Crippen molar-refractivity contribution in [1.29, 1.82) is 0 Å². The van der Waals surface area contributed by atoms with Crippen LogP contribution in [0.5, 0.6) is 5.75 Å². The molecule has 1 atom stereocenters. The predicted octanol–water partition coefficient (Wildman–Crippen LogP) is 2.96. The Morgan fingerprint density at radius 2 is 1.83 bits per heavy atom. The van der Waals surface area contributed by atoms with Crippen molar-refractivity contribution >= 4 is 27.7 Å². The van der Waals surface area contributed by atoms with E-state index >= 15 is 0 Å². The maximum Gasteiger partial charge on any atom is 0.279 e. The van der Waals surface area contributed by atoms with Gasteiger partial charge in [0.1, 0.15) is 5.82 Å². The van der Waals surface area contributed by atoms with E-state index in [2.05, 4.69) is 26.8 Å². The molecule has 126 valence electrons. The molecule has 5 nitrogen and oxygen atoms in total. The van der Waals surface area contributed by atoms with Crippen molar-refractivity contribution in [2.75, 3.05) is 0 Å². The third kappa shape index (κ3) is 4.51. The van der Waals surface area contributed by atoms with Crippen LogP contribution < -0.4 is 15.6 Å². The average Bonchev–Trinajstić information content (AvgIpc) is 2.56. The Labute approximate surface area is 145 Å². The second kappa shape index (κ2) is 7.87. The van der Waals surface area contributed by atoms with Gasteiger partial charge in [0.2, 0.25) is 0 Å². The van der Waals surface area contributed by atoms with E-state index in [0.29, 0.717) is 4.47 Å². The quantitative estimate of drug-likeness (QED) is 0.778. The fraction of sp³-hybridized carbons (Fsp3) is 0.125. The normalized spacial score (nSPS) is 11.5. The molecule has 2 rings (SSSR count). The van der Waals surface area contributed by atoms with Gasteiger partial charge < -0.3 is 4.74 Å². The smallest absolute Gasteiger partial charge is 0.279 e.